The zero-order valence-electron chi connectivity index (χ0n) is 40.0. The second-order valence-electron chi connectivity index (χ2n) is 20.9. The minimum absolute atomic E-state index is 0.195. The highest BCUT2D eigenvalue weighted by atomic mass is 16.3. The van der Waals surface area contributed by atoms with E-state index in [1.807, 2.05) is 12.3 Å². The first-order chi connectivity index (χ1) is 32.6. The average molecular weight is 886 g/mol. The summed E-state index contributed by atoms with van der Waals surface area (Å²) in [5, 5.41) is 16.9. The molecule has 0 spiro atoms. The summed E-state index contributed by atoms with van der Waals surface area (Å²) < 4.78 is 8.86. The summed E-state index contributed by atoms with van der Waals surface area (Å²) in [5.74, 6) is 0.920. The highest BCUT2D eigenvalue weighted by Gasteiger charge is 2.30. The van der Waals surface area contributed by atoms with Crippen LogP contribution >= 0.6 is 0 Å². The number of phenolic OH excluding ortho intramolecular Hbond substituents is 1. The van der Waals surface area contributed by atoms with E-state index in [1.54, 1.807) is 0 Å². The number of hydrogen-bond acceptors (Lipinski definition) is 4. The Morgan fingerprint density at radius 1 is 0.500 bits per heavy atom. The van der Waals surface area contributed by atoms with Crippen LogP contribution in [0, 0.1) is 0 Å². The van der Waals surface area contributed by atoms with Crippen LogP contribution in [-0.4, -0.2) is 19.6 Å². The molecular formula is C63H55N3O2. The number of phenols is 1. The first-order valence-corrected chi connectivity index (χ1v) is 23.6. The molecule has 0 atom stereocenters. The second-order valence-corrected chi connectivity index (χ2v) is 20.9. The molecule has 0 saturated carbocycles. The molecular weight excluding hydrogens is 831 g/mol. The van der Waals surface area contributed by atoms with Gasteiger partial charge in [-0.05, 0) is 98.0 Å². The molecule has 0 unspecified atom stereocenters. The Kier molecular flexibility index (Phi) is 10.1. The minimum atomic E-state index is -0.385. The predicted octanol–water partition coefficient (Wildman–Crippen LogP) is 16.8. The molecule has 3 aromatic heterocycles. The molecule has 0 bridgehead atoms. The molecule has 0 aliphatic rings. The van der Waals surface area contributed by atoms with Gasteiger partial charge in [-0.1, -0.05) is 183 Å². The van der Waals surface area contributed by atoms with Gasteiger partial charge in [-0.15, -0.1) is 0 Å². The Morgan fingerprint density at radius 2 is 1.16 bits per heavy atom. The van der Waals surface area contributed by atoms with Crippen LogP contribution in [0.5, 0.6) is 5.75 Å². The molecule has 0 fully saturated rings. The fraction of sp³-hybridized carbons (Fsp3) is 0.175. The summed E-state index contributed by atoms with van der Waals surface area (Å²) >= 11 is 0. The SMILES string of the molecule is CC(C)(C)c1cc(-c2nc3c(-c4cc(-c5nccc6oc7cc8ccccc8cc7c56)cc(C(C)(C)c5ccccc5)c4)cccc3n2-c2ccccc2-c2ccccc2)c(O)c(C(C)(C)C)c1. The standard InChI is InChI=1S/C63H55N3O2/c1-61(2,3)45-37-50(59(67)51(38-45)62(4,5)6)60-65-58-48(27-19-29-53(58)66(60)52-28-18-17-26-47(52)39-20-11-9-12-21-39)42-32-43(34-46(33-42)63(7,8)44-24-13-10-14-25-44)57-56-49-35-40-22-15-16-23-41(40)36-55(49)68-54(56)30-31-64-57/h9-38,67H,1-8H3. The van der Waals surface area contributed by atoms with Gasteiger partial charge in [-0.3, -0.25) is 9.55 Å². The van der Waals surface area contributed by atoms with E-state index in [2.05, 4.69) is 230 Å². The van der Waals surface area contributed by atoms with Crippen molar-refractivity contribution in [3.8, 4) is 56.3 Å². The molecule has 11 aromatic rings. The molecule has 0 radical (unpaired) electrons. The van der Waals surface area contributed by atoms with E-state index in [1.165, 1.54) is 5.56 Å². The fourth-order valence-electron chi connectivity index (χ4n) is 10.0. The summed E-state index contributed by atoms with van der Waals surface area (Å²) in [6.45, 7) is 17.8. The highest BCUT2D eigenvalue weighted by Crippen LogP contribution is 2.47. The summed E-state index contributed by atoms with van der Waals surface area (Å²) in [5.41, 5.74) is 14.5. The van der Waals surface area contributed by atoms with Crippen molar-refractivity contribution < 1.29 is 9.52 Å². The number of hydrogen-bond donors (Lipinski definition) is 1. The van der Waals surface area contributed by atoms with Crippen molar-refractivity contribution >= 4 is 43.7 Å². The van der Waals surface area contributed by atoms with Gasteiger partial charge < -0.3 is 9.52 Å². The monoisotopic (exact) mass is 885 g/mol. The third kappa shape index (κ3) is 7.25. The number of imidazole rings is 1. The van der Waals surface area contributed by atoms with Crippen LogP contribution in [-0.2, 0) is 16.2 Å². The Labute approximate surface area is 398 Å². The molecule has 334 valence electrons. The molecule has 0 saturated heterocycles. The Morgan fingerprint density at radius 3 is 1.90 bits per heavy atom. The van der Waals surface area contributed by atoms with E-state index < -0.39 is 0 Å². The van der Waals surface area contributed by atoms with E-state index >= 15 is 0 Å². The molecule has 5 nitrogen and oxygen atoms in total. The van der Waals surface area contributed by atoms with Crippen molar-refractivity contribution in [1.29, 1.82) is 0 Å². The van der Waals surface area contributed by atoms with E-state index in [4.69, 9.17) is 14.4 Å². The van der Waals surface area contributed by atoms with Crippen molar-refractivity contribution in [3.63, 3.8) is 0 Å². The van der Waals surface area contributed by atoms with E-state index in [0.29, 0.717) is 11.4 Å². The van der Waals surface area contributed by atoms with Crippen LogP contribution in [0.4, 0.5) is 0 Å². The van der Waals surface area contributed by atoms with Gasteiger partial charge in [0.05, 0.1) is 33.4 Å². The highest BCUT2D eigenvalue weighted by molar-refractivity contribution is 6.15. The maximum absolute atomic E-state index is 12.6. The second kappa shape index (κ2) is 16.0. The lowest BCUT2D eigenvalue weighted by atomic mass is 9.76. The smallest absolute Gasteiger partial charge is 0.149 e. The maximum atomic E-state index is 12.6. The zero-order chi connectivity index (χ0) is 47.1. The predicted molar refractivity (Wildman–Crippen MR) is 283 cm³/mol. The lowest BCUT2D eigenvalue weighted by molar-refractivity contribution is 0.446. The Bertz CT molecular complexity index is 3730. The lowest BCUT2D eigenvalue weighted by Crippen LogP contribution is -2.19. The van der Waals surface area contributed by atoms with Gasteiger partial charge in [0.2, 0.25) is 0 Å². The number of para-hydroxylation sites is 2. The average Bonchev–Trinajstić information content (AvgIpc) is 3.91. The molecule has 11 rings (SSSR count). The van der Waals surface area contributed by atoms with Gasteiger partial charge in [0, 0.05) is 39.3 Å². The fourth-order valence-corrected chi connectivity index (χ4v) is 10.0. The molecule has 0 aliphatic heterocycles. The van der Waals surface area contributed by atoms with Crippen molar-refractivity contribution in [1.82, 2.24) is 14.5 Å². The van der Waals surface area contributed by atoms with Gasteiger partial charge in [-0.2, -0.15) is 0 Å². The van der Waals surface area contributed by atoms with Gasteiger partial charge in [0.25, 0.3) is 0 Å². The number of pyridine rings is 1. The van der Waals surface area contributed by atoms with E-state index in [9.17, 15) is 5.11 Å². The topological polar surface area (TPSA) is 64.1 Å². The Balaban J connectivity index is 1.23. The van der Waals surface area contributed by atoms with Crippen molar-refractivity contribution in [2.45, 2.75) is 71.6 Å². The largest absolute Gasteiger partial charge is 0.507 e. The number of fused-ring (bicyclic) bond motifs is 5. The van der Waals surface area contributed by atoms with Crippen LogP contribution in [0.3, 0.4) is 0 Å². The Hall–Kier alpha value is -7.76. The summed E-state index contributed by atoms with van der Waals surface area (Å²) in [6.07, 6.45) is 1.86. The molecule has 8 aromatic carbocycles. The van der Waals surface area contributed by atoms with Crippen LogP contribution in [0.1, 0.15) is 77.6 Å². The van der Waals surface area contributed by atoms with Gasteiger partial charge in [0.1, 0.15) is 22.7 Å². The van der Waals surface area contributed by atoms with Gasteiger partial charge in [-0.25, -0.2) is 4.98 Å². The summed E-state index contributed by atoms with van der Waals surface area (Å²) in [4.78, 5) is 10.9. The van der Waals surface area contributed by atoms with Crippen LogP contribution in [0.15, 0.2) is 187 Å². The van der Waals surface area contributed by atoms with Crippen molar-refractivity contribution in [2.75, 3.05) is 0 Å². The third-order valence-electron chi connectivity index (χ3n) is 13.9. The quantitative estimate of drug-likeness (QED) is 0.173. The summed E-state index contributed by atoms with van der Waals surface area (Å²) in [7, 11) is 0. The van der Waals surface area contributed by atoms with Gasteiger partial charge >= 0.3 is 0 Å². The van der Waals surface area contributed by atoms with Gasteiger partial charge in [0.15, 0.2) is 0 Å². The van der Waals surface area contributed by atoms with Crippen LogP contribution in [0.25, 0.3) is 94.3 Å². The molecule has 5 heteroatoms. The number of aromatic nitrogens is 3. The molecule has 3 heterocycles. The third-order valence-corrected chi connectivity index (χ3v) is 13.9. The normalized spacial score (nSPS) is 12.5. The van der Waals surface area contributed by atoms with E-state index in [-0.39, 0.29) is 22.0 Å². The number of furan rings is 1. The zero-order valence-corrected chi connectivity index (χ0v) is 40.0. The lowest BCUT2D eigenvalue weighted by Gasteiger charge is -2.27. The molecule has 68 heavy (non-hydrogen) atoms. The van der Waals surface area contributed by atoms with Crippen molar-refractivity contribution in [3.05, 3.63) is 204 Å². The number of aromatic hydroxyl groups is 1. The number of benzene rings is 8. The molecule has 1 N–H and O–H groups in total. The first kappa shape index (κ1) is 42.8. The van der Waals surface area contributed by atoms with Crippen molar-refractivity contribution in [2.24, 2.45) is 0 Å². The van der Waals surface area contributed by atoms with Crippen LogP contribution in [0.2, 0.25) is 0 Å². The molecule has 0 amide bonds. The number of rotatable bonds is 7. The molecule has 0 aliphatic carbocycles. The van der Waals surface area contributed by atoms with Crippen LogP contribution < -0.4 is 0 Å². The number of nitrogens with zero attached hydrogens (tertiary/aromatic N) is 3. The minimum Gasteiger partial charge on any atom is -0.507 e. The summed E-state index contributed by atoms with van der Waals surface area (Å²) in [6, 6.07) is 62.3. The van der Waals surface area contributed by atoms with E-state index in [0.717, 1.165) is 99.6 Å². The maximum Gasteiger partial charge on any atom is 0.149 e. The first-order valence-electron chi connectivity index (χ1n) is 23.6.